The Morgan fingerprint density at radius 1 is 1.50 bits per heavy atom. The number of carbonyl (C=O) groups is 2. The van der Waals surface area contributed by atoms with Crippen LogP contribution < -0.4 is 21.3 Å². The molecule has 1 atom stereocenters. The van der Waals surface area contributed by atoms with Crippen molar-refractivity contribution < 1.29 is 9.59 Å². The summed E-state index contributed by atoms with van der Waals surface area (Å²) in [6.07, 6.45) is 1.74. The number of rotatable bonds is 5. The van der Waals surface area contributed by atoms with E-state index < -0.39 is 6.04 Å². The van der Waals surface area contributed by atoms with Gasteiger partial charge in [-0.05, 0) is 24.6 Å². The van der Waals surface area contributed by atoms with Gasteiger partial charge in [-0.15, -0.1) is 0 Å². The maximum absolute atomic E-state index is 11.8. The minimum Gasteiger partial charge on any atom is -0.368 e. The minimum atomic E-state index is -0.492. The number of nitrogens with one attached hydrogen (secondary N) is 4. The number of anilines is 1. The minimum absolute atomic E-state index is 0.154. The highest BCUT2D eigenvalue weighted by molar-refractivity contribution is 5.89. The van der Waals surface area contributed by atoms with E-state index in [0.29, 0.717) is 19.6 Å². The maximum Gasteiger partial charge on any atom is 0.243 e. The fourth-order valence-electron chi connectivity index (χ4n) is 1.92. The molecule has 1 fully saturated rings. The molecule has 1 unspecified atom stereocenters. The van der Waals surface area contributed by atoms with E-state index in [9.17, 15) is 9.59 Å². The first-order valence-corrected chi connectivity index (χ1v) is 6.59. The van der Waals surface area contributed by atoms with Crippen LogP contribution in [0.2, 0.25) is 0 Å². The van der Waals surface area contributed by atoms with Gasteiger partial charge in [-0.2, -0.15) is 0 Å². The maximum atomic E-state index is 11.8. The highest BCUT2D eigenvalue weighted by atomic mass is 16.2. The first-order valence-electron chi connectivity index (χ1n) is 6.59. The van der Waals surface area contributed by atoms with Gasteiger partial charge in [0.2, 0.25) is 11.8 Å². The summed E-state index contributed by atoms with van der Waals surface area (Å²) in [6.45, 7) is 3.78. The van der Waals surface area contributed by atoms with Gasteiger partial charge >= 0.3 is 0 Å². The standard InChI is InChI=1S/C13H19N5O2/c1-9-2-3-15-11(6-9)16-4-5-17-13(20)10-7-14-8-12(19)18-10/h2-3,6,10,14H,4-5,7-8H2,1H3,(H,15,16)(H,17,20)(H,18,19). The van der Waals surface area contributed by atoms with Crippen LogP contribution in [0.1, 0.15) is 5.56 Å². The van der Waals surface area contributed by atoms with Crippen molar-refractivity contribution in [3.63, 3.8) is 0 Å². The van der Waals surface area contributed by atoms with Crippen molar-refractivity contribution in [2.24, 2.45) is 0 Å². The second kappa shape index (κ2) is 6.85. The Morgan fingerprint density at radius 3 is 3.10 bits per heavy atom. The molecule has 7 nitrogen and oxygen atoms in total. The highest BCUT2D eigenvalue weighted by Crippen LogP contribution is 2.03. The Bertz CT molecular complexity index is 491. The predicted octanol–water partition coefficient (Wildman–Crippen LogP) is -0.994. The molecule has 0 saturated carbocycles. The highest BCUT2D eigenvalue weighted by Gasteiger charge is 2.23. The van der Waals surface area contributed by atoms with Gasteiger partial charge in [-0.1, -0.05) is 0 Å². The molecular formula is C13H19N5O2. The molecule has 108 valence electrons. The largest absolute Gasteiger partial charge is 0.368 e. The van der Waals surface area contributed by atoms with E-state index in [2.05, 4.69) is 26.3 Å². The number of hydrogen-bond donors (Lipinski definition) is 4. The molecule has 1 saturated heterocycles. The topological polar surface area (TPSA) is 95.2 Å². The Hall–Kier alpha value is -2.15. The summed E-state index contributed by atoms with van der Waals surface area (Å²) in [5, 5.41) is 11.4. The lowest BCUT2D eigenvalue weighted by Gasteiger charge is -2.23. The lowest BCUT2D eigenvalue weighted by Crippen LogP contribution is -2.58. The average Bonchev–Trinajstić information content (AvgIpc) is 2.43. The molecule has 4 N–H and O–H groups in total. The fourth-order valence-corrected chi connectivity index (χ4v) is 1.92. The first-order chi connectivity index (χ1) is 9.65. The molecule has 20 heavy (non-hydrogen) atoms. The molecule has 2 heterocycles. The Kier molecular flexibility index (Phi) is 4.89. The van der Waals surface area contributed by atoms with Crippen LogP contribution in [0.5, 0.6) is 0 Å². The SMILES string of the molecule is Cc1ccnc(NCCNC(=O)C2CNCC(=O)N2)c1. The van der Waals surface area contributed by atoms with E-state index in [1.165, 1.54) is 0 Å². The number of aromatic nitrogens is 1. The van der Waals surface area contributed by atoms with Gasteiger partial charge in [0.05, 0.1) is 6.54 Å². The van der Waals surface area contributed by atoms with Crippen LogP contribution in [0.25, 0.3) is 0 Å². The molecule has 0 radical (unpaired) electrons. The van der Waals surface area contributed by atoms with Gasteiger partial charge in [0.15, 0.2) is 0 Å². The van der Waals surface area contributed by atoms with Crippen LogP contribution in [0.15, 0.2) is 18.3 Å². The normalized spacial score (nSPS) is 18.2. The summed E-state index contributed by atoms with van der Waals surface area (Å²) in [4.78, 5) is 27.1. The van der Waals surface area contributed by atoms with E-state index in [-0.39, 0.29) is 18.4 Å². The lowest BCUT2D eigenvalue weighted by atomic mass is 10.2. The smallest absolute Gasteiger partial charge is 0.243 e. The van der Waals surface area contributed by atoms with Crippen molar-refractivity contribution in [1.29, 1.82) is 0 Å². The third kappa shape index (κ3) is 4.20. The number of nitrogens with zero attached hydrogens (tertiary/aromatic N) is 1. The average molecular weight is 277 g/mol. The Morgan fingerprint density at radius 2 is 2.35 bits per heavy atom. The van der Waals surface area contributed by atoms with Gasteiger partial charge in [0.25, 0.3) is 0 Å². The molecule has 0 spiro atoms. The van der Waals surface area contributed by atoms with Crippen LogP contribution in [0.4, 0.5) is 5.82 Å². The number of carbonyl (C=O) groups excluding carboxylic acids is 2. The predicted molar refractivity (Wildman–Crippen MR) is 75.3 cm³/mol. The zero-order valence-corrected chi connectivity index (χ0v) is 11.4. The zero-order chi connectivity index (χ0) is 14.4. The molecule has 0 bridgehead atoms. The number of pyridine rings is 1. The van der Waals surface area contributed by atoms with E-state index in [1.54, 1.807) is 6.20 Å². The summed E-state index contributed by atoms with van der Waals surface area (Å²) in [7, 11) is 0. The van der Waals surface area contributed by atoms with Gasteiger partial charge in [0.1, 0.15) is 11.9 Å². The summed E-state index contributed by atoms with van der Waals surface area (Å²) in [6, 6.07) is 3.37. The van der Waals surface area contributed by atoms with Crippen LogP contribution in [-0.4, -0.2) is 49.0 Å². The molecular weight excluding hydrogens is 258 g/mol. The van der Waals surface area contributed by atoms with E-state index in [4.69, 9.17) is 0 Å². The Balaban J connectivity index is 1.68. The van der Waals surface area contributed by atoms with Gasteiger partial charge in [-0.3, -0.25) is 9.59 Å². The van der Waals surface area contributed by atoms with Gasteiger partial charge in [-0.25, -0.2) is 4.98 Å². The molecule has 2 rings (SSSR count). The first kappa shape index (κ1) is 14.3. The van der Waals surface area contributed by atoms with Gasteiger partial charge < -0.3 is 21.3 Å². The summed E-state index contributed by atoms with van der Waals surface area (Å²) >= 11 is 0. The van der Waals surface area contributed by atoms with Crippen LogP contribution in [-0.2, 0) is 9.59 Å². The van der Waals surface area contributed by atoms with E-state index in [0.717, 1.165) is 11.4 Å². The second-order valence-corrected chi connectivity index (χ2v) is 4.69. The molecule has 1 aliphatic rings. The molecule has 1 aromatic heterocycles. The van der Waals surface area contributed by atoms with Crippen LogP contribution >= 0.6 is 0 Å². The summed E-state index contributed by atoms with van der Waals surface area (Å²) < 4.78 is 0. The van der Waals surface area contributed by atoms with Crippen LogP contribution in [0.3, 0.4) is 0 Å². The van der Waals surface area contributed by atoms with Crippen molar-refractivity contribution in [2.45, 2.75) is 13.0 Å². The molecule has 1 aliphatic heterocycles. The Labute approximate surface area is 117 Å². The van der Waals surface area contributed by atoms with Crippen molar-refractivity contribution in [3.8, 4) is 0 Å². The molecule has 0 aromatic carbocycles. The lowest BCUT2D eigenvalue weighted by molar-refractivity contribution is -0.130. The third-order valence-electron chi connectivity index (χ3n) is 2.93. The number of piperazine rings is 1. The van der Waals surface area contributed by atoms with Crippen molar-refractivity contribution in [3.05, 3.63) is 23.9 Å². The monoisotopic (exact) mass is 277 g/mol. The van der Waals surface area contributed by atoms with Crippen molar-refractivity contribution >= 4 is 17.6 Å². The summed E-state index contributed by atoms with van der Waals surface area (Å²) in [5.41, 5.74) is 1.13. The number of amides is 2. The van der Waals surface area contributed by atoms with Crippen molar-refractivity contribution in [1.82, 2.24) is 20.9 Å². The molecule has 7 heteroatoms. The molecule has 0 aliphatic carbocycles. The quantitative estimate of drug-likeness (QED) is 0.518. The van der Waals surface area contributed by atoms with E-state index in [1.807, 2.05) is 19.1 Å². The van der Waals surface area contributed by atoms with Crippen molar-refractivity contribution in [2.75, 3.05) is 31.5 Å². The fraction of sp³-hybridized carbons (Fsp3) is 0.462. The molecule has 1 aromatic rings. The van der Waals surface area contributed by atoms with Gasteiger partial charge in [0, 0.05) is 25.8 Å². The van der Waals surface area contributed by atoms with Crippen LogP contribution in [0, 0.1) is 6.92 Å². The second-order valence-electron chi connectivity index (χ2n) is 4.69. The third-order valence-corrected chi connectivity index (χ3v) is 2.93. The molecule has 2 amide bonds. The number of hydrogen-bond acceptors (Lipinski definition) is 5. The van der Waals surface area contributed by atoms with E-state index >= 15 is 0 Å². The zero-order valence-electron chi connectivity index (χ0n) is 11.4. The number of aryl methyl sites for hydroxylation is 1. The summed E-state index contributed by atoms with van der Waals surface area (Å²) in [5.74, 6) is 0.454.